The molecule has 1 aromatic carbocycles. The molecule has 1 saturated heterocycles. The van der Waals surface area contributed by atoms with Gasteiger partial charge in [0.15, 0.2) is 11.5 Å². The quantitative estimate of drug-likeness (QED) is 0.849. The van der Waals surface area contributed by atoms with E-state index < -0.39 is 17.4 Å². The van der Waals surface area contributed by atoms with Crippen molar-refractivity contribution in [2.24, 2.45) is 5.41 Å². The molecule has 2 aliphatic heterocycles. The fraction of sp³-hybridized carbons (Fsp3) is 0.429. The first kappa shape index (κ1) is 13.7. The van der Waals surface area contributed by atoms with E-state index in [2.05, 4.69) is 5.32 Å². The van der Waals surface area contributed by atoms with Crippen molar-refractivity contribution in [1.29, 1.82) is 0 Å². The number of aliphatic carboxylic acids is 1. The van der Waals surface area contributed by atoms with Gasteiger partial charge in [0, 0.05) is 5.56 Å². The van der Waals surface area contributed by atoms with Crippen LogP contribution < -0.4 is 14.8 Å². The largest absolute Gasteiger partial charge is 0.481 e. The Bertz CT molecular complexity index is 601. The highest BCUT2D eigenvalue weighted by molar-refractivity contribution is 5.95. The van der Waals surface area contributed by atoms with Crippen LogP contribution in [-0.4, -0.2) is 43.0 Å². The fourth-order valence-corrected chi connectivity index (χ4v) is 2.36. The Hall–Kier alpha value is -2.28. The Labute approximate surface area is 120 Å². The summed E-state index contributed by atoms with van der Waals surface area (Å²) in [6.45, 7) is 1.95. The summed E-state index contributed by atoms with van der Waals surface area (Å²) >= 11 is 0. The minimum absolute atomic E-state index is 0.0778. The number of benzene rings is 1. The van der Waals surface area contributed by atoms with Gasteiger partial charge in [0.25, 0.3) is 5.91 Å². The van der Waals surface area contributed by atoms with E-state index in [1.165, 1.54) is 0 Å². The van der Waals surface area contributed by atoms with Gasteiger partial charge in [0.1, 0.15) is 5.41 Å². The standard InChI is InChI=1S/C14H15NO6/c1-14(13(17)18)6-19-5-11(14)15-12(16)8-2-3-9-10(4-8)21-7-20-9/h2-4,11H,5-7H2,1H3,(H,15,16)(H,17,18). The van der Waals surface area contributed by atoms with Gasteiger partial charge < -0.3 is 24.6 Å². The Morgan fingerprint density at radius 3 is 2.86 bits per heavy atom. The summed E-state index contributed by atoms with van der Waals surface area (Å²) in [5, 5.41) is 12.0. The molecule has 2 N–H and O–H groups in total. The third-order valence-corrected chi connectivity index (χ3v) is 3.88. The lowest BCUT2D eigenvalue weighted by atomic mass is 9.85. The second-order valence-electron chi connectivity index (χ2n) is 5.33. The van der Waals surface area contributed by atoms with Gasteiger partial charge in [0.05, 0.1) is 19.3 Å². The molecular weight excluding hydrogens is 278 g/mol. The number of hydrogen-bond acceptors (Lipinski definition) is 5. The lowest BCUT2D eigenvalue weighted by Crippen LogP contribution is -2.49. The van der Waals surface area contributed by atoms with Crippen molar-refractivity contribution in [3.8, 4) is 11.5 Å². The molecule has 0 bridgehead atoms. The van der Waals surface area contributed by atoms with Crippen LogP contribution in [0, 0.1) is 5.41 Å². The number of amides is 1. The minimum atomic E-state index is -1.12. The zero-order chi connectivity index (χ0) is 15.0. The molecule has 2 heterocycles. The maximum absolute atomic E-state index is 12.3. The third kappa shape index (κ3) is 2.29. The molecule has 21 heavy (non-hydrogen) atoms. The molecule has 1 aromatic rings. The number of nitrogens with one attached hydrogen (secondary N) is 1. The Balaban J connectivity index is 1.76. The van der Waals surface area contributed by atoms with Crippen LogP contribution in [0.3, 0.4) is 0 Å². The van der Waals surface area contributed by atoms with Crippen molar-refractivity contribution in [2.75, 3.05) is 20.0 Å². The highest BCUT2D eigenvalue weighted by Gasteiger charge is 2.47. The monoisotopic (exact) mass is 293 g/mol. The summed E-state index contributed by atoms with van der Waals surface area (Å²) in [4.78, 5) is 23.6. The molecule has 0 radical (unpaired) electrons. The molecule has 1 amide bonds. The van der Waals surface area contributed by atoms with Gasteiger partial charge in [-0.1, -0.05) is 0 Å². The van der Waals surface area contributed by atoms with Gasteiger partial charge in [-0.05, 0) is 25.1 Å². The number of ether oxygens (including phenoxy) is 3. The van der Waals surface area contributed by atoms with Crippen molar-refractivity contribution in [1.82, 2.24) is 5.32 Å². The molecule has 0 saturated carbocycles. The zero-order valence-electron chi connectivity index (χ0n) is 11.4. The first-order valence-corrected chi connectivity index (χ1v) is 6.52. The van der Waals surface area contributed by atoms with Crippen LogP contribution in [0.25, 0.3) is 0 Å². The summed E-state index contributed by atoms with van der Waals surface area (Å²) in [5.41, 5.74) is -0.731. The number of rotatable bonds is 3. The predicted octanol–water partition coefficient (Wildman–Crippen LogP) is 0.635. The second kappa shape index (κ2) is 4.92. The zero-order valence-corrected chi connectivity index (χ0v) is 11.4. The molecule has 0 spiro atoms. The van der Waals surface area contributed by atoms with E-state index in [0.717, 1.165) is 0 Å². The molecular formula is C14H15NO6. The average Bonchev–Trinajstić information content (AvgIpc) is 3.06. The Morgan fingerprint density at radius 2 is 2.10 bits per heavy atom. The first-order valence-electron chi connectivity index (χ1n) is 6.52. The number of carbonyl (C=O) groups is 2. The van der Waals surface area contributed by atoms with Crippen molar-refractivity contribution < 1.29 is 28.9 Å². The van der Waals surface area contributed by atoms with Gasteiger partial charge >= 0.3 is 5.97 Å². The van der Waals surface area contributed by atoms with E-state index in [0.29, 0.717) is 17.1 Å². The van der Waals surface area contributed by atoms with Gasteiger partial charge in [0.2, 0.25) is 6.79 Å². The molecule has 2 unspecified atom stereocenters. The van der Waals surface area contributed by atoms with Crippen molar-refractivity contribution in [3.05, 3.63) is 23.8 Å². The lowest BCUT2D eigenvalue weighted by molar-refractivity contribution is -0.148. The van der Waals surface area contributed by atoms with Crippen LogP contribution >= 0.6 is 0 Å². The predicted molar refractivity (Wildman–Crippen MR) is 70.4 cm³/mol. The van der Waals surface area contributed by atoms with Crippen LogP contribution in [0.1, 0.15) is 17.3 Å². The number of carboxylic acid groups (broad SMARTS) is 1. The topological polar surface area (TPSA) is 94.1 Å². The molecule has 0 aliphatic carbocycles. The van der Waals surface area contributed by atoms with Gasteiger partial charge in [-0.25, -0.2) is 0 Å². The Morgan fingerprint density at radius 1 is 1.33 bits per heavy atom. The van der Waals surface area contributed by atoms with Crippen LogP contribution in [0.5, 0.6) is 11.5 Å². The second-order valence-corrected chi connectivity index (χ2v) is 5.33. The smallest absolute Gasteiger partial charge is 0.313 e. The SMILES string of the molecule is CC1(C(=O)O)COCC1NC(=O)c1ccc2c(c1)OCO2. The highest BCUT2D eigenvalue weighted by atomic mass is 16.7. The summed E-state index contributed by atoms with van der Waals surface area (Å²) in [6, 6.07) is 4.26. The van der Waals surface area contributed by atoms with Crippen LogP contribution in [0.15, 0.2) is 18.2 Å². The molecule has 0 aromatic heterocycles. The third-order valence-electron chi connectivity index (χ3n) is 3.88. The molecule has 2 aliphatic rings. The molecule has 7 nitrogen and oxygen atoms in total. The van der Waals surface area contributed by atoms with E-state index >= 15 is 0 Å². The van der Waals surface area contributed by atoms with Crippen LogP contribution in [-0.2, 0) is 9.53 Å². The first-order chi connectivity index (χ1) is 10.0. The number of carboxylic acids is 1. The van der Waals surface area contributed by atoms with Gasteiger partial charge in [-0.15, -0.1) is 0 Å². The molecule has 3 rings (SSSR count). The normalized spacial score (nSPS) is 26.6. The van der Waals surface area contributed by atoms with Crippen molar-refractivity contribution >= 4 is 11.9 Å². The summed E-state index contributed by atoms with van der Waals surface area (Å²) < 4.78 is 15.6. The van der Waals surface area contributed by atoms with Crippen LogP contribution in [0.4, 0.5) is 0 Å². The van der Waals surface area contributed by atoms with Crippen molar-refractivity contribution in [2.45, 2.75) is 13.0 Å². The maximum Gasteiger partial charge on any atom is 0.313 e. The summed E-state index contributed by atoms with van der Waals surface area (Å²) in [6.07, 6.45) is 0. The summed E-state index contributed by atoms with van der Waals surface area (Å²) in [5.74, 6) is -0.260. The van der Waals surface area contributed by atoms with E-state index in [9.17, 15) is 14.7 Å². The van der Waals surface area contributed by atoms with Gasteiger partial charge in [-0.3, -0.25) is 9.59 Å². The van der Waals surface area contributed by atoms with E-state index in [1.807, 2.05) is 0 Å². The van der Waals surface area contributed by atoms with Gasteiger partial charge in [-0.2, -0.15) is 0 Å². The molecule has 7 heteroatoms. The number of hydrogen-bond donors (Lipinski definition) is 2. The number of carbonyl (C=O) groups excluding carboxylic acids is 1. The molecule has 1 fully saturated rings. The van der Waals surface area contributed by atoms with E-state index in [1.54, 1.807) is 25.1 Å². The maximum atomic E-state index is 12.3. The molecule has 2 atom stereocenters. The van der Waals surface area contributed by atoms with E-state index in [-0.39, 0.29) is 25.9 Å². The summed E-state index contributed by atoms with van der Waals surface area (Å²) in [7, 11) is 0. The fourth-order valence-electron chi connectivity index (χ4n) is 2.36. The lowest BCUT2D eigenvalue weighted by Gasteiger charge is -2.25. The van der Waals surface area contributed by atoms with Crippen LogP contribution in [0.2, 0.25) is 0 Å². The molecule has 112 valence electrons. The number of fused-ring (bicyclic) bond motifs is 1. The average molecular weight is 293 g/mol. The van der Waals surface area contributed by atoms with E-state index in [4.69, 9.17) is 14.2 Å². The minimum Gasteiger partial charge on any atom is -0.481 e. The Kier molecular flexibility index (Phi) is 3.21. The van der Waals surface area contributed by atoms with Crippen molar-refractivity contribution in [3.63, 3.8) is 0 Å². The highest BCUT2D eigenvalue weighted by Crippen LogP contribution is 2.33.